The van der Waals surface area contributed by atoms with Gasteiger partial charge in [0.1, 0.15) is 35.6 Å². The third-order valence-electron chi connectivity index (χ3n) is 9.63. The minimum Gasteiger partial charge on any atom is -0.444 e. The Morgan fingerprint density at radius 1 is 0.593 bits per heavy atom. The highest BCUT2D eigenvalue weighted by atomic mass is 31.2. The van der Waals surface area contributed by atoms with Crippen molar-refractivity contribution in [1.29, 1.82) is 0 Å². The smallest absolute Gasteiger partial charge is 0.408 e. The van der Waals surface area contributed by atoms with Crippen LogP contribution in [0.15, 0.2) is 60.7 Å². The summed E-state index contributed by atoms with van der Waals surface area (Å²) in [6.07, 6.45) is -1.45. The van der Waals surface area contributed by atoms with Gasteiger partial charge in [-0.3, -0.25) is 28.5 Å². The van der Waals surface area contributed by atoms with Crippen molar-refractivity contribution in [1.82, 2.24) is 26.6 Å². The van der Waals surface area contributed by atoms with Gasteiger partial charge in [0.05, 0.1) is 5.92 Å². The molecule has 2 aromatic rings. The van der Waals surface area contributed by atoms with Gasteiger partial charge in [-0.15, -0.1) is 0 Å². The van der Waals surface area contributed by atoms with Gasteiger partial charge in [-0.2, -0.15) is 0 Å². The van der Waals surface area contributed by atoms with Gasteiger partial charge in [-0.1, -0.05) is 116 Å². The molecule has 2 aromatic carbocycles. The summed E-state index contributed by atoms with van der Waals surface area (Å²) in [6.45, 7) is 18.8. The Labute approximate surface area is 349 Å². The van der Waals surface area contributed by atoms with Gasteiger partial charge in [-0.05, 0) is 62.0 Å². The zero-order chi connectivity index (χ0) is 44.8. The van der Waals surface area contributed by atoms with Gasteiger partial charge in [0.15, 0.2) is 0 Å². The van der Waals surface area contributed by atoms with Gasteiger partial charge in [0, 0.05) is 12.6 Å². The predicted octanol–water partition coefficient (Wildman–Crippen LogP) is 4.26. The zero-order valence-corrected chi connectivity index (χ0v) is 37.3. The summed E-state index contributed by atoms with van der Waals surface area (Å²) in [6, 6.07) is 13.3. The third-order valence-corrected chi connectivity index (χ3v) is 11.9. The Morgan fingerprint density at radius 2 is 0.966 bits per heavy atom. The molecule has 0 spiro atoms. The summed E-state index contributed by atoms with van der Waals surface area (Å²) in [5.41, 5.74) is 6.04. The quantitative estimate of drug-likeness (QED) is 0.0889. The lowest BCUT2D eigenvalue weighted by Gasteiger charge is -2.32. The number of alkyl carbamates (subject to hydrolysis) is 1. The number of rotatable bonds is 21. The fourth-order valence-corrected chi connectivity index (χ4v) is 8.34. The van der Waals surface area contributed by atoms with E-state index in [0.29, 0.717) is 11.1 Å². The van der Waals surface area contributed by atoms with E-state index in [2.05, 4.69) is 26.6 Å². The van der Waals surface area contributed by atoms with Crippen LogP contribution >= 0.6 is 7.37 Å². The maximum atomic E-state index is 14.7. The van der Waals surface area contributed by atoms with Crippen LogP contribution in [0.3, 0.4) is 0 Å². The first-order chi connectivity index (χ1) is 27.3. The first-order valence-corrected chi connectivity index (χ1v) is 22.1. The maximum absolute atomic E-state index is 14.7. The molecule has 59 heavy (non-hydrogen) atoms. The van der Waals surface area contributed by atoms with Crippen LogP contribution in [0, 0.1) is 29.6 Å². The first kappa shape index (κ1) is 50.4. The van der Waals surface area contributed by atoms with Crippen LogP contribution in [0.5, 0.6) is 0 Å². The summed E-state index contributed by atoms with van der Waals surface area (Å²) >= 11 is 0. The number of amides is 6. The Morgan fingerprint density at radius 3 is 1.37 bits per heavy atom. The molecule has 0 aliphatic carbocycles. The molecule has 2 unspecified atom stereocenters. The monoisotopic (exact) mass is 842 g/mol. The maximum Gasteiger partial charge on any atom is 0.408 e. The SMILES string of the molecule is CC(C)[C@H](NC(=O)[C@@H](NC(=O)C(Cc1ccccc1)CP(=O)(O)[C@@H](Cc1ccccc1)NC(=O)[C@@H](NC(=O)[C@@H](NC(=O)OC(C)(C)C)C(C)C)C(C)C)C(C)C)C(N)=O. The highest BCUT2D eigenvalue weighted by molar-refractivity contribution is 7.58. The van der Waals surface area contributed by atoms with Crippen molar-refractivity contribution in [3.05, 3.63) is 71.8 Å². The molecule has 0 aliphatic heterocycles. The minimum absolute atomic E-state index is 0.0253. The Balaban J connectivity index is 2.51. The van der Waals surface area contributed by atoms with Gasteiger partial charge in [0.25, 0.3) is 0 Å². The van der Waals surface area contributed by atoms with E-state index in [1.54, 1.807) is 137 Å². The van der Waals surface area contributed by atoms with Crippen LogP contribution < -0.4 is 32.3 Å². The Kier molecular flexibility index (Phi) is 19.3. The van der Waals surface area contributed by atoms with E-state index in [1.807, 2.05) is 0 Å². The molecule has 0 bridgehead atoms. The van der Waals surface area contributed by atoms with Crippen LogP contribution in [-0.4, -0.2) is 82.2 Å². The summed E-state index contributed by atoms with van der Waals surface area (Å²) in [5.74, 6) is -7.63. The van der Waals surface area contributed by atoms with E-state index in [0.717, 1.165) is 0 Å². The molecule has 15 nitrogen and oxygen atoms in total. The summed E-state index contributed by atoms with van der Waals surface area (Å²) in [5, 5.41) is 13.4. The molecule has 7 atom stereocenters. The van der Waals surface area contributed by atoms with Crippen LogP contribution in [0.1, 0.15) is 87.3 Å². The number of primary amides is 1. The predicted molar refractivity (Wildman–Crippen MR) is 228 cm³/mol. The van der Waals surface area contributed by atoms with Gasteiger partial charge in [0.2, 0.25) is 36.9 Å². The zero-order valence-electron chi connectivity index (χ0n) is 36.4. The van der Waals surface area contributed by atoms with Crippen LogP contribution in [0.4, 0.5) is 4.79 Å². The van der Waals surface area contributed by atoms with E-state index in [-0.39, 0.29) is 18.8 Å². The molecular weight excluding hydrogens is 775 g/mol. The Bertz CT molecular complexity index is 1770. The second kappa shape index (κ2) is 22.6. The van der Waals surface area contributed by atoms with Gasteiger partial charge in [-0.25, -0.2) is 4.79 Å². The standard InChI is InChI=1S/C43H67N6O9P/c1-25(2)33(37(44)50)46-40(53)35(27(5)6)47-38(51)31(22-29-18-14-12-15-19-29)24-59(56,57)32(23-30-20-16-13-17-21-30)45-39(52)34(26(3)4)48-41(54)36(28(7)8)49-42(55)58-43(9,10)11/h12-21,25-28,31-36H,22-24H2,1-11H3,(H2,44,50)(H,45,52)(H,46,53)(H,47,51)(H,48,54)(H,49,55)(H,56,57)/t31?,32-,33-,34-,35-,36-/m0/s1. The number of nitrogens with two attached hydrogens (primary N) is 1. The number of hydrogen-bond donors (Lipinski definition) is 7. The summed E-state index contributed by atoms with van der Waals surface area (Å²) in [4.78, 5) is 92.1. The van der Waals surface area contributed by atoms with Crippen LogP contribution in [-0.2, 0) is 46.1 Å². The number of nitrogens with one attached hydrogen (secondary N) is 5. The minimum atomic E-state index is -4.53. The molecule has 6 amide bonds. The third kappa shape index (κ3) is 16.8. The second-order valence-corrected chi connectivity index (χ2v) is 20.0. The van der Waals surface area contributed by atoms with Crippen molar-refractivity contribution >= 4 is 43.0 Å². The van der Waals surface area contributed by atoms with Gasteiger partial charge >= 0.3 is 6.09 Å². The molecule has 2 rings (SSSR count). The Hall–Kier alpha value is -4.75. The fraction of sp³-hybridized carbons (Fsp3) is 0.581. The lowest BCUT2D eigenvalue weighted by Crippen LogP contribution is -2.58. The molecule has 16 heteroatoms. The number of hydrogen-bond acceptors (Lipinski definition) is 8. The fourth-order valence-electron chi connectivity index (χ4n) is 6.33. The lowest BCUT2D eigenvalue weighted by molar-refractivity contribution is -0.133. The van der Waals surface area contributed by atoms with Crippen molar-refractivity contribution in [3.63, 3.8) is 0 Å². The van der Waals surface area contributed by atoms with Crippen molar-refractivity contribution in [3.8, 4) is 0 Å². The molecule has 0 radical (unpaired) electrons. The summed E-state index contributed by atoms with van der Waals surface area (Å²) in [7, 11) is -4.53. The molecule has 328 valence electrons. The molecule has 0 aromatic heterocycles. The average molecular weight is 843 g/mol. The molecule has 0 aliphatic rings. The molecule has 0 fully saturated rings. The molecule has 8 N–H and O–H groups in total. The van der Waals surface area contributed by atoms with E-state index in [4.69, 9.17) is 10.5 Å². The number of carbonyl (C=O) groups is 6. The second-order valence-electron chi connectivity index (χ2n) is 17.5. The lowest BCUT2D eigenvalue weighted by atomic mass is 9.97. The van der Waals surface area contributed by atoms with Crippen LogP contribution in [0.2, 0.25) is 0 Å². The molecule has 0 saturated heterocycles. The van der Waals surface area contributed by atoms with Crippen molar-refractivity contribution in [2.24, 2.45) is 35.3 Å². The van der Waals surface area contributed by atoms with Gasteiger partial charge < -0.3 is 41.9 Å². The topological polar surface area (TPSA) is 235 Å². The first-order valence-electron chi connectivity index (χ1n) is 20.2. The molecular formula is C43H67N6O9P. The summed E-state index contributed by atoms with van der Waals surface area (Å²) < 4.78 is 20.1. The van der Waals surface area contributed by atoms with Crippen molar-refractivity contribution in [2.75, 3.05) is 6.16 Å². The molecule has 0 heterocycles. The van der Waals surface area contributed by atoms with E-state index in [9.17, 15) is 38.2 Å². The largest absolute Gasteiger partial charge is 0.444 e. The van der Waals surface area contributed by atoms with E-state index >= 15 is 0 Å². The normalized spacial score (nSPS) is 15.9. The van der Waals surface area contributed by atoms with Crippen LogP contribution in [0.25, 0.3) is 0 Å². The van der Waals surface area contributed by atoms with E-state index < -0.39 is 108 Å². The number of carbonyl (C=O) groups excluding carboxylic acids is 6. The average Bonchev–Trinajstić information content (AvgIpc) is 3.12. The molecule has 0 saturated carbocycles. The number of ether oxygens (including phenoxy) is 1. The van der Waals surface area contributed by atoms with Crippen molar-refractivity contribution < 1.29 is 43.0 Å². The van der Waals surface area contributed by atoms with Crippen molar-refractivity contribution in [2.45, 2.75) is 125 Å². The highest BCUT2D eigenvalue weighted by Gasteiger charge is 2.41. The number of benzene rings is 2. The van der Waals surface area contributed by atoms with E-state index in [1.165, 1.54) is 0 Å². The highest BCUT2D eigenvalue weighted by Crippen LogP contribution is 2.48.